The maximum absolute atomic E-state index is 12.4. The Balaban J connectivity index is 1.55. The number of hydrogen-bond donors (Lipinski definition) is 1. The van der Waals surface area contributed by atoms with Crippen LogP contribution in [0.25, 0.3) is 0 Å². The summed E-state index contributed by atoms with van der Waals surface area (Å²) in [4.78, 5) is 48.1. The maximum atomic E-state index is 12.4. The summed E-state index contributed by atoms with van der Waals surface area (Å²) in [6.07, 6.45) is -1.81. The van der Waals surface area contributed by atoms with Crippen LogP contribution in [0.1, 0.15) is 22.3 Å². The summed E-state index contributed by atoms with van der Waals surface area (Å²) in [6, 6.07) is 12.7. The van der Waals surface area contributed by atoms with Crippen LogP contribution in [-0.4, -0.2) is 58.1 Å². The summed E-state index contributed by atoms with van der Waals surface area (Å²) >= 11 is 0. The number of benzene rings is 2. The molecule has 2 aromatic rings. The Hall–Kier alpha value is -3.79. The van der Waals surface area contributed by atoms with Crippen molar-refractivity contribution in [3.63, 3.8) is 0 Å². The van der Waals surface area contributed by atoms with E-state index in [0.717, 1.165) is 4.90 Å². The highest BCUT2D eigenvalue weighted by atomic mass is 16.6. The maximum Gasteiger partial charge on any atom is 0.410 e. The Morgan fingerprint density at radius 2 is 1.74 bits per heavy atom. The number of Topliss-reactive ketones (excluding diaryl/α,β-unsaturated/α-hetero) is 1. The van der Waals surface area contributed by atoms with Crippen molar-refractivity contribution in [1.82, 2.24) is 4.90 Å². The number of rotatable bonds is 7. The quantitative estimate of drug-likeness (QED) is 0.306. The molecule has 1 saturated heterocycles. The van der Waals surface area contributed by atoms with E-state index in [9.17, 15) is 29.6 Å². The van der Waals surface area contributed by atoms with E-state index in [1.807, 2.05) is 0 Å². The number of carbonyl (C=O) groups is 3. The lowest BCUT2D eigenvalue weighted by atomic mass is 10.1. The van der Waals surface area contributed by atoms with Crippen molar-refractivity contribution in [1.29, 1.82) is 0 Å². The second-order valence-electron chi connectivity index (χ2n) is 6.93. The molecule has 31 heavy (non-hydrogen) atoms. The van der Waals surface area contributed by atoms with Gasteiger partial charge in [-0.1, -0.05) is 30.3 Å². The smallest absolute Gasteiger partial charge is 0.410 e. The van der Waals surface area contributed by atoms with Crippen molar-refractivity contribution in [2.45, 2.75) is 25.2 Å². The molecule has 1 aliphatic rings. The molecular formula is C21H20N2O8. The largest absolute Gasteiger partial charge is 0.456 e. The zero-order valence-corrected chi connectivity index (χ0v) is 16.4. The van der Waals surface area contributed by atoms with Crippen molar-refractivity contribution < 1.29 is 33.9 Å². The number of nitrogens with zero attached hydrogens (tertiary/aromatic N) is 2. The Kier molecular flexibility index (Phi) is 6.93. The molecule has 1 heterocycles. The molecular weight excluding hydrogens is 408 g/mol. The predicted octanol–water partition coefficient (Wildman–Crippen LogP) is 2.09. The number of ether oxygens (including phenoxy) is 2. The van der Waals surface area contributed by atoms with Crippen molar-refractivity contribution >= 4 is 23.5 Å². The SMILES string of the molecule is O=C(COC(=O)[C@@H]1C[C@@H](O)CN1C(=O)OCc1ccc([N+](=O)[O-])cc1)c1ccccc1. The molecule has 0 bridgehead atoms. The third-order valence-electron chi connectivity index (χ3n) is 4.74. The van der Waals surface area contributed by atoms with Crippen molar-refractivity contribution in [3.8, 4) is 0 Å². The first-order valence-electron chi connectivity index (χ1n) is 9.45. The molecule has 2 atom stereocenters. The molecule has 1 aliphatic heterocycles. The molecule has 0 aromatic heterocycles. The lowest BCUT2D eigenvalue weighted by Gasteiger charge is -2.22. The van der Waals surface area contributed by atoms with Crippen LogP contribution in [0, 0.1) is 10.1 Å². The highest BCUT2D eigenvalue weighted by Gasteiger charge is 2.41. The summed E-state index contributed by atoms with van der Waals surface area (Å²) in [5.74, 6) is -1.20. The van der Waals surface area contributed by atoms with Gasteiger partial charge in [-0.3, -0.25) is 19.8 Å². The normalized spacial score (nSPS) is 17.8. The molecule has 0 saturated carbocycles. The Bertz CT molecular complexity index is 961. The molecule has 0 aliphatic carbocycles. The number of β-amino-alcohol motifs (C(OH)–C–C–N with tert-alkyl or cyclic N) is 1. The number of hydrogen-bond acceptors (Lipinski definition) is 8. The fourth-order valence-corrected chi connectivity index (χ4v) is 3.12. The van der Waals surface area contributed by atoms with Gasteiger partial charge in [0.1, 0.15) is 12.6 Å². The number of nitro groups is 1. The van der Waals surface area contributed by atoms with Gasteiger partial charge in [0.15, 0.2) is 12.4 Å². The topological polar surface area (TPSA) is 136 Å². The molecule has 0 unspecified atom stereocenters. The summed E-state index contributed by atoms with van der Waals surface area (Å²) in [5.41, 5.74) is 0.818. The van der Waals surface area contributed by atoms with Gasteiger partial charge in [0.05, 0.1) is 17.6 Å². The molecule has 3 rings (SSSR count). The van der Waals surface area contributed by atoms with Gasteiger partial charge >= 0.3 is 12.1 Å². The van der Waals surface area contributed by atoms with E-state index in [4.69, 9.17) is 9.47 Å². The molecule has 0 spiro atoms. The van der Waals surface area contributed by atoms with E-state index in [2.05, 4.69) is 0 Å². The summed E-state index contributed by atoms with van der Waals surface area (Å²) in [7, 11) is 0. The van der Waals surface area contributed by atoms with E-state index >= 15 is 0 Å². The molecule has 162 valence electrons. The third kappa shape index (κ3) is 5.64. The molecule has 10 nitrogen and oxygen atoms in total. The monoisotopic (exact) mass is 428 g/mol. The first-order chi connectivity index (χ1) is 14.8. The first kappa shape index (κ1) is 21.9. The second kappa shape index (κ2) is 9.81. The molecule has 1 fully saturated rings. The average molecular weight is 428 g/mol. The Morgan fingerprint density at radius 3 is 2.39 bits per heavy atom. The van der Waals surface area contributed by atoms with Gasteiger partial charge in [0.2, 0.25) is 0 Å². The summed E-state index contributed by atoms with van der Waals surface area (Å²) in [6.45, 7) is -0.774. The minimum atomic E-state index is -1.08. The van der Waals surface area contributed by atoms with Crippen molar-refractivity contribution in [3.05, 3.63) is 75.8 Å². The zero-order chi connectivity index (χ0) is 22.4. The first-order valence-corrected chi connectivity index (χ1v) is 9.45. The van der Waals surface area contributed by atoms with Crippen LogP contribution in [0.15, 0.2) is 54.6 Å². The van der Waals surface area contributed by atoms with Gasteiger partial charge in [0.25, 0.3) is 5.69 Å². The lowest BCUT2D eigenvalue weighted by Crippen LogP contribution is -2.42. The van der Waals surface area contributed by atoms with Crippen LogP contribution in [0.4, 0.5) is 10.5 Å². The number of aliphatic hydroxyl groups excluding tert-OH is 1. The van der Waals surface area contributed by atoms with E-state index in [0.29, 0.717) is 11.1 Å². The van der Waals surface area contributed by atoms with Crippen LogP contribution in [-0.2, 0) is 20.9 Å². The molecule has 1 N–H and O–H groups in total. The highest BCUT2D eigenvalue weighted by Crippen LogP contribution is 2.21. The van der Waals surface area contributed by atoms with Gasteiger partial charge in [-0.2, -0.15) is 0 Å². The van der Waals surface area contributed by atoms with Crippen LogP contribution in [0.3, 0.4) is 0 Å². The number of esters is 1. The number of nitro benzene ring substituents is 1. The van der Waals surface area contributed by atoms with Crippen LogP contribution >= 0.6 is 0 Å². The van der Waals surface area contributed by atoms with E-state index in [1.54, 1.807) is 30.3 Å². The molecule has 0 radical (unpaired) electrons. The van der Waals surface area contributed by atoms with E-state index in [-0.39, 0.29) is 31.0 Å². The third-order valence-corrected chi connectivity index (χ3v) is 4.74. The fraction of sp³-hybridized carbons (Fsp3) is 0.286. The van der Waals surface area contributed by atoms with Gasteiger partial charge in [-0.15, -0.1) is 0 Å². The van der Waals surface area contributed by atoms with Crippen LogP contribution < -0.4 is 0 Å². The number of amides is 1. The van der Waals surface area contributed by atoms with Crippen molar-refractivity contribution in [2.24, 2.45) is 0 Å². The van der Waals surface area contributed by atoms with Gasteiger partial charge in [-0.25, -0.2) is 9.59 Å². The minimum Gasteiger partial charge on any atom is -0.456 e. The average Bonchev–Trinajstić information content (AvgIpc) is 3.18. The standard InChI is InChI=1S/C21H20N2O8/c24-17-10-18(20(26)30-13-19(25)15-4-2-1-3-5-15)22(11-17)21(27)31-12-14-6-8-16(9-7-14)23(28)29/h1-9,17-18,24H,10-13H2/t17-,18+/m1/s1. The van der Waals surface area contributed by atoms with E-state index < -0.39 is 35.7 Å². The lowest BCUT2D eigenvalue weighted by molar-refractivity contribution is -0.384. The Labute approximate surface area is 177 Å². The molecule has 1 amide bonds. The second-order valence-corrected chi connectivity index (χ2v) is 6.93. The van der Waals surface area contributed by atoms with E-state index in [1.165, 1.54) is 24.3 Å². The van der Waals surface area contributed by atoms with Crippen molar-refractivity contribution in [2.75, 3.05) is 13.2 Å². The molecule has 10 heteroatoms. The van der Waals surface area contributed by atoms with Crippen LogP contribution in [0.5, 0.6) is 0 Å². The van der Waals surface area contributed by atoms with Gasteiger partial charge in [0, 0.05) is 24.1 Å². The number of carbonyl (C=O) groups excluding carboxylic acids is 3. The number of aliphatic hydroxyl groups is 1. The zero-order valence-electron chi connectivity index (χ0n) is 16.4. The fourth-order valence-electron chi connectivity index (χ4n) is 3.12. The molecule has 2 aromatic carbocycles. The Morgan fingerprint density at radius 1 is 1.06 bits per heavy atom. The minimum absolute atomic E-state index is 0.0367. The van der Waals surface area contributed by atoms with Crippen LogP contribution in [0.2, 0.25) is 0 Å². The number of ketones is 1. The summed E-state index contributed by atoms with van der Waals surface area (Å²) < 4.78 is 10.2. The predicted molar refractivity (Wildman–Crippen MR) is 106 cm³/mol. The number of likely N-dealkylation sites (tertiary alicyclic amines) is 1. The highest BCUT2D eigenvalue weighted by molar-refractivity contribution is 5.98. The summed E-state index contributed by atoms with van der Waals surface area (Å²) in [5, 5.41) is 20.6. The van der Waals surface area contributed by atoms with Gasteiger partial charge in [-0.05, 0) is 17.7 Å². The van der Waals surface area contributed by atoms with Gasteiger partial charge < -0.3 is 14.6 Å². The number of non-ortho nitro benzene ring substituents is 1.